The number of nitrogens with zero attached hydrogens (tertiary/aromatic N) is 1. The molecule has 0 amide bonds. The van der Waals surface area contributed by atoms with Crippen molar-refractivity contribution in [3.05, 3.63) is 0 Å². The standard InChI is InChI=1S/C15H32N4O4S.HI/c1-3-16-14(17-8-5-9-19-24(21,22)4-2)18-12-15(6-10-20)7-11-23-13-15;/h19-20H,3-13H2,1-2H3,(H2,16,17,18);1H. The Labute approximate surface area is 168 Å². The van der Waals surface area contributed by atoms with E-state index in [0.717, 1.165) is 19.6 Å². The molecule has 1 heterocycles. The normalized spacial score (nSPS) is 21.0. The molecule has 8 nitrogen and oxygen atoms in total. The minimum atomic E-state index is -3.13. The lowest BCUT2D eigenvalue weighted by molar-refractivity contribution is 0.131. The van der Waals surface area contributed by atoms with Crippen LogP contribution in [0.25, 0.3) is 0 Å². The molecule has 1 aliphatic rings. The summed E-state index contributed by atoms with van der Waals surface area (Å²) in [6, 6.07) is 0. The van der Waals surface area contributed by atoms with Gasteiger partial charge in [0.15, 0.2) is 5.96 Å². The number of guanidine groups is 1. The SMILES string of the molecule is CCNC(=NCC1(CCO)CCOC1)NCCCNS(=O)(=O)CC.I. The average molecular weight is 492 g/mol. The molecule has 0 aliphatic carbocycles. The highest BCUT2D eigenvalue weighted by molar-refractivity contribution is 14.0. The monoisotopic (exact) mass is 492 g/mol. The Balaban J connectivity index is 0.00000576. The first-order chi connectivity index (χ1) is 11.5. The van der Waals surface area contributed by atoms with Crippen LogP contribution >= 0.6 is 24.0 Å². The second kappa shape index (κ2) is 13.1. The summed E-state index contributed by atoms with van der Waals surface area (Å²) in [6.45, 7) is 7.49. The number of aliphatic imine (C=N–C) groups is 1. The molecule has 1 atom stereocenters. The van der Waals surface area contributed by atoms with Gasteiger partial charge in [0, 0.05) is 38.3 Å². The molecule has 0 spiro atoms. The molecule has 1 aliphatic heterocycles. The molecule has 1 fully saturated rings. The number of rotatable bonds is 11. The van der Waals surface area contributed by atoms with Gasteiger partial charge in [-0.3, -0.25) is 4.99 Å². The summed E-state index contributed by atoms with van der Waals surface area (Å²) < 4.78 is 30.7. The molecule has 1 saturated heterocycles. The zero-order valence-corrected chi connectivity index (χ0v) is 18.4. The van der Waals surface area contributed by atoms with Gasteiger partial charge in [0.2, 0.25) is 10.0 Å². The van der Waals surface area contributed by atoms with Crippen LogP contribution in [0.4, 0.5) is 0 Å². The van der Waals surface area contributed by atoms with Gasteiger partial charge in [-0.25, -0.2) is 13.1 Å². The Morgan fingerprint density at radius 2 is 2.04 bits per heavy atom. The van der Waals surface area contributed by atoms with Gasteiger partial charge in [0.05, 0.1) is 18.9 Å². The van der Waals surface area contributed by atoms with Crippen LogP contribution in [0.5, 0.6) is 0 Å². The topological polar surface area (TPSA) is 112 Å². The number of aliphatic hydroxyl groups is 1. The summed E-state index contributed by atoms with van der Waals surface area (Å²) in [7, 11) is -3.13. The van der Waals surface area contributed by atoms with Gasteiger partial charge in [-0.1, -0.05) is 0 Å². The number of aliphatic hydroxyl groups excluding tert-OH is 1. The summed E-state index contributed by atoms with van der Waals surface area (Å²) in [5.41, 5.74) is -0.0755. The van der Waals surface area contributed by atoms with E-state index in [1.165, 1.54) is 0 Å². The lowest BCUT2D eigenvalue weighted by atomic mass is 9.84. The van der Waals surface area contributed by atoms with E-state index < -0.39 is 10.0 Å². The summed E-state index contributed by atoms with van der Waals surface area (Å²) in [5.74, 6) is 0.805. The fraction of sp³-hybridized carbons (Fsp3) is 0.933. The molecule has 1 rings (SSSR count). The number of halogens is 1. The maximum absolute atomic E-state index is 11.3. The van der Waals surface area contributed by atoms with Crippen molar-refractivity contribution < 1.29 is 18.3 Å². The molecule has 0 aromatic rings. The maximum Gasteiger partial charge on any atom is 0.211 e. The third-order valence-electron chi connectivity index (χ3n) is 4.09. The van der Waals surface area contributed by atoms with E-state index in [2.05, 4.69) is 20.3 Å². The molecular weight excluding hydrogens is 459 g/mol. The van der Waals surface area contributed by atoms with Crippen LogP contribution in [-0.2, 0) is 14.8 Å². The van der Waals surface area contributed by atoms with E-state index in [1.54, 1.807) is 6.92 Å². The van der Waals surface area contributed by atoms with Crippen molar-refractivity contribution in [2.75, 3.05) is 51.8 Å². The van der Waals surface area contributed by atoms with E-state index in [1.807, 2.05) is 6.92 Å². The Morgan fingerprint density at radius 1 is 1.28 bits per heavy atom. The molecule has 25 heavy (non-hydrogen) atoms. The Morgan fingerprint density at radius 3 is 2.60 bits per heavy atom. The number of hydrogen-bond acceptors (Lipinski definition) is 5. The van der Waals surface area contributed by atoms with Gasteiger partial charge in [0.25, 0.3) is 0 Å². The third kappa shape index (κ3) is 9.92. The average Bonchev–Trinajstić information content (AvgIpc) is 3.01. The summed E-state index contributed by atoms with van der Waals surface area (Å²) in [5, 5.41) is 15.6. The summed E-state index contributed by atoms with van der Waals surface area (Å²) in [6.07, 6.45) is 2.28. The summed E-state index contributed by atoms with van der Waals surface area (Å²) in [4.78, 5) is 4.61. The number of sulfonamides is 1. The highest BCUT2D eigenvalue weighted by Gasteiger charge is 2.34. The van der Waals surface area contributed by atoms with Crippen molar-refractivity contribution in [1.29, 1.82) is 0 Å². The van der Waals surface area contributed by atoms with Crippen LogP contribution in [0.3, 0.4) is 0 Å². The Bertz CT molecular complexity index is 482. The van der Waals surface area contributed by atoms with Crippen molar-refractivity contribution in [3.63, 3.8) is 0 Å². The Hall–Kier alpha value is -0.170. The van der Waals surface area contributed by atoms with E-state index in [4.69, 9.17) is 4.74 Å². The zero-order chi connectivity index (χ0) is 17.9. The fourth-order valence-corrected chi connectivity index (χ4v) is 3.16. The third-order valence-corrected chi connectivity index (χ3v) is 5.50. The second-order valence-corrected chi connectivity index (χ2v) is 8.14. The van der Waals surface area contributed by atoms with Crippen molar-refractivity contribution in [1.82, 2.24) is 15.4 Å². The molecule has 10 heteroatoms. The lowest BCUT2D eigenvalue weighted by Crippen LogP contribution is -2.40. The predicted octanol–water partition coefficient (Wildman–Crippen LogP) is 0.278. The van der Waals surface area contributed by atoms with Crippen LogP contribution in [0.15, 0.2) is 4.99 Å². The van der Waals surface area contributed by atoms with Gasteiger partial charge in [0.1, 0.15) is 0 Å². The van der Waals surface area contributed by atoms with Crippen molar-refractivity contribution in [2.24, 2.45) is 10.4 Å². The van der Waals surface area contributed by atoms with Crippen molar-refractivity contribution >= 4 is 40.0 Å². The first-order valence-electron chi connectivity index (χ1n) is 8.65. The predicted molar refractivity (Wildman–Crippen MR) is 111 cm³/mol. The van der Waals surface area contributed by atoms with Crippen LogP contribution in [0.1, 0.15) is 33.1 Å². The maximum atomic E-state index is 11.3. The number of ether oxygens (including phenoxy) is 1. The molecule has 0 saturated carbocycles. The van der Waals surface area contributed by atoms with Gasteiger partial charge >= 0.3 is 0 Å². The molecule has 1 unspecified atom stereocenters. The smallest absolute Gasteiger partial charge is 0.211 e. The van der Waals surface area contributed by atoms with Crippen LogP contribution in [0.2, 0.25) is 0 Å². The van der Waals surface area contributed by atoms with Gasteiger partial charge in [-0.15, -0.1) is 24.0 Å². The number of nitrogens with one attached hydrogen (secondary N) is 3. The van der Waals surface area contributed by atoms with Crippen LogP contribution in [-0.4, -0.2) is 71.2 Å². The quantitative estimate of drug-likeness (QED) is 0.143. The van der Waals surface area contributed by atoms with E-state index in [0.29, 0.717) is 45.0 Å². The molecule has 0 radical (unpaired) electrons. The molecule has 0 bridgehead atoms. The summed E-state index contributed by atoms with van der Waals surface area (Å²) >= 11 is 0. The van der Waals surface area contributed by atoms with Crippen molar-refractivity contribution in [3.8, 4) is 0 Å². The minimum Gasteiger partial charge on any atom is -0.396 e. The molecule has 4 N–H and O–H groups in total. The van der Waals surface area contributed by atoms with E-state index >= 15 is 0 Å². The lowest BCUT2D eigenvalue weighted by Gasteiger charge is -2.24. The first-order valence-corrected chi connectivity index (χ1v) is 10.3. The largest absolute Gasteiger partial charge is 0.396 e. The van der Waals surface area contributed by atoms with Gasteiger partial charge in [-0.05, 0) is 33.1 Å². The fourth-order valence-electron chi connectivity index (χ4n) is 2.50. The van der Waals surface area contributed by atoms with E-state index in [-0.39, 0.29) is 41.8 Å². The van der Waals surface area contributed by atoms with Gasteiger partial charge in [-0.2, -0.15) is 0 Å². The zero-order valence-electron chi connectivity index (χ0n) is 15.2. The van der Waals surface area contributed by atoms with Crippen LogP contribution < -0.4 is 15.4 Å². The molecular formula is C15H33IN4O4S. The molecule has 150 valence electrons. The Kier molecular flexibility index (Phi) is 13.0. The van der Waals surface area contributed by atoms with E-state index in [9.17, 15) is 13.5 Å². The molecule has 0 aromatic heterocycles. The van der Waals surface area contributed by atoms with Crippen LogP contribution in [0, 0.1) is 5.41 Å². The molecule has 0 aromatic carbocycles. The van der Waals surface area contributed by atoms with Crippen molar-refractivity contribution in [2.45, 2.75) is 33.1 Å². The second-order valence-electron chi connectivity index (χ2n) is 6.05. The highest BCUT2D eigenvalue weighted by Crippen LogP contribution is 2.32. The first kappa shape index (κ1) is 24.8. The minimum absolute atomic E-state index is 0. The highest BCUT2D eigenvalue weighted by atomic mass is 127. The van der Waals surface area contributed by atoms with Gasteiger partial charge < -0.3 is 20.5 Å². The number of hydrogen-bond donors (Lipinski definition) is 4.